The van der Waals surface area contributed by atoms with Crippen molar-refractivity contribution in [3.05, 3.63) is 101 Å². The molecule has 1 unspecified atom stereocenters. The second-order valence-electron chi connectivity index (χ2n) is 8.67. The maximum Gasteiger partial charge on any atom is 0.295 e. The highest BCUT2D eigenvalue weighted by Crippen LogP contribution is 2.40. The van der Waals surface area contributed by atoms with Crippen LogP contribution in [0.2, 0.25) is 0 Å². The van der Waals surface area contributed by atoms with Gasteiger partial charge in [0.2, 0.25) is 0 Å². The fraction of sp³-hybridized carbons (Fsp3) is 0.241. The number of hydrogen-bond donors (Lipinski definition) is 1. The Bertz CT molecular complexity index is 1230. The van der Waals surface area contributed by atoms with E-state index in [0.717, 1.165) is 16.8 Å². The van der Waals surface area contributed by atoms with E-state index in [1.54, 1.807) is 29.2 Å². The first kappa shape index (κ1) is 24.1. The fourth-order valence-electron chi connectivity index (χ4n) is 4.36. The van der Waals surface area contributed by atoms with Gasteiger partial charge in [0.15, 0.2) is 0 Å². The first-order valence-corrected chi connectivity index (χ1v) is 11.7. The highest BCUT2D eigenvalue weighted by Gasteiger charge is 2.45. The highest BCUT2D eigenvalue weighted by molar-refractivity contribution is 6.46. The number of likely N-dealkylation sites (tertiary alicyclic amines) is 1. The van der Waals surface area contributed by atoms with Crippen LogP contribution in [0.3, 0.4) is 0 Å². The van der Waals surface area contributed by atoms with Crippen molar-refractivity contribution in [3.63, 3.8) is 0 Å². The Kier molecular flexibility index (Phi) is 7.20. The summed E-state index contributed by atoms with van der Waals surface area (Å²) in [5, 5.41) is 11.3. The van der Waals surface area contributed by atoms with E-state index < -0.39 is 17.7 Å². The second kappa shape index (κ2) is 10.5. The minimum atomic E-state index is -0.689. The Hall–Kier alpha value is -4.06. The first-order chi connectivity index (χ1) is 16.9. The molecule has 0 saturated carbocycles. The monoisotopic (exact) mass is 470 g/mol. The van der Waals surface area contributed by atoms with E-state index >= 15 is 0 Å². The number of Topliss-reactive ketones (excluding diaryl/α,β-unsaturated/α-hetero) is 1. The molecule has 1 aliphatic heterocycles. The number of aliphatic hydroxyl groups excluding tert-OH is 1. The van der Waals surface area contributed by atoms with Crippen LogP contribution in [-0.4, -0.2) is 48.9 Å². The molecule has 0 aliphatic carbocycles. The Labute approximate surface area is 206 Å². The van der Waals surface area contributed by atoms with Crippen molar-refractivity contribution >= 4 is 23.1 Å². The molecular formula is C29H30N2O4. The number of ether oxygens (including phenoxy) is 1. The molecule has 0 aromatic heterocycles. The van der Waals surface area contributed by atoms with Gasteiger partial charge in [-0.05, 0) is 48.7 Å². The van der Waals surface area contributed by atoms with Gasteiger partial charge < -0.3 is 19.6 Å². The van der Waals surface area contributed by atoms with Gasteiger partial charge in [-0.15, -0.1) is 0 Å². The van der Waals surface area contributed by atoms with E-state index in [-0.39, 0.29) is 11.3 Å². The quantitative estimate of drug-likeness (QED) is 0.291. The molecule has 1 N–H and O–H groups in total. The Morgan fingerprint density at radius 2 is 1.69 bits per heavy atom. The van der Waals surface area contributed by atoms with Gasteiger partial charge in [0.25, 0.3) is 11.7 Å². The molecule has 1 heterocycles. The predicted octanol–water partition coefficient (Wildman–Crippen LogP) is 4.82. The average Bonchev–Trinajstić information content (AvgIpc) is 3.13. The second-order valence-corrected chi connectivity index (χ2v) is 8.67. The molecule has 3 aromatic carbocycles. The predicted molar refractivity (Wildman–Crippen MR) is 138 cm³/mol. The van der Waals surface area contributed by atoms with Crippen LogP contribution in [-0.2, 0) is 16.0 Å². The SMILES string of the molecule is CCOc1cccc(C(O)=C2C(=O)C(=O)N(CCc3ccccc3)C2c2ccc(N(C)C)cc2)c1. The van der Waals surface area contributed by atoms with Gasteiger partial charge in [-0.25, -0.2) is 0 Å². The topological polar surface area (TPSA) is 70.1 Å². The molecule has 35 heavy (non-hydrogen) atoms. The summed E-state index contributed by atoms with van der Waals surface area (Å²) >= 11 is 0. The smallest absolute Gasteiger partial charge is 0.295 e. The van der Waals surface area contributed by atoms with Crippen LogP contribution in [0.25, 0.3) is 5.76 Å². The number of anilines is 1. The number of ketones is 1. The molecule has 0 bridgehead atoms. The fourth-order valence-corrected chi connectivity index (χ4v) is 4.36. The summed E-state index contributed by atoms with van der Waals surface area (Å²) in [4.78, 5) is 30.0. The molecule has 1 aliphatic rings. The molecule has 1 amide bonds. The van der Waals surface area contributed by atoms with Crippen LogP contribution >= 0.6 is 0 Å². The Balaban J connectivity index is 1.78. The molecule has 1 fully saturated rings. The molecule has 0 radical (unpaired) electrons. The lowest BCUT2D eigenvalue weighted by Gasteiger charge is -2.26. The van der Waals surface area contributed by atoms with Crippen LogP contribution in [0.4, 0.5) is 5.69 Å². The maximum absolute atomic E-state index is 13.3. The number of rotatable bonds is 8. The minimum absolute atomic E-state index is 0.0920. The van der Waals surface area contributed by atoms with Gasteiger partial charge in [-0.3, -0.25) is 9.59 Å². The maximum atomic E-state index is 13.3. The molecule has 6 nitrogen and oxygen atoms in total. The third-order valence-electron chi connectivity index (χ3n) is 6.17. The van der Waals surface area contributed by atoms with Crippen LogP contribution in [0.5, 0.6) is 5.75 Å². The minimum Gasteiger partial charge on any atom is -0.507 e. The van der Waals surface area contributed by atoms with Crippen molar-refractivity contribution in [1.29, 1.82) is 0 Å². The number of amides is 1. The normalized spacial score (nSPS) is 17.0. The largest absolute Gasteiger partial charge is 0.507 e. The number of hydrogen-bond acceptors (Lipinski definition) is 5. The first-order valence-electron chi connectivity index (χ1n) is 11.7. The lowest BCUT2D eigenvalue weighted by molar-refractivity contribution is -0.139. The van der Waals surface area contributed by atoms with Crippen LogP contribution in [0.1, 0.15) is 29.7 Å². The van der Waals surface area contributed by atoms with Crippen molar-refractivity contribution in [2.45, 2.75) is 19.4 Å². The summed E-state index contributed by atoms with van der Waals surface area (Å²) in [7, 11) is 3.90. The summed E-state index contributed by atoms with van der Waals surface area (Å²) in [6, 6.07) is 23.8. The van der Waals surface area contributed by atoms with E-state index in [4.69, 9.17) is 4.74 Å². The van der Waals surface area contributed by atoms with Crippen molar-refractivity contribution < 1.29 is 19.4 Å². The van der Waals surface area contributed by atoms with E-state index in [1.807, 2.05) is 80.5 Å². The molecule has 1 atom stereocenters. The zero-order valence-corrected chi connectivity index (χ0v) is 20.3. The Morgan fingerprint density at radius 3 is 2.34 bits per heavy atom. The van der Waals surface area contributed by atoms with Gasteiger partial charge in [0.1, 0.15) is 11.5 Å². The highest BCUT2D eigenvalue weighted by atomic mass is 16.5. The molecule has 1 saturated heterocycles. The van der Waals surface area contributed by atoms with E-state index in [2.05, 4.69) is 0 Å². The number of benzene rings is 3. The van der Waals surface area contributed by atoms with Crippen molar-refractivity contribution in [2.75, 3.05) is 32.1 Å². The van der Waals surface area contributed by atoms with Crippen molar-refractivity contribution in [3.8, 4) is 5.75 Å². The molecular weight excluding hydrogens is 440 g/mol. The number of aliphatic hydroxyl groups is 1. The number of carbonyl (C=O) groups excluding carboxylic acids is 2. The zero-order valence-electron chi connectivity index (χ0n) is 20.3. The lowest BCUT2D eigenvalue weighted by Crippen LogP contribution is -2.31. The molecule has 0 spiro atoms. The van der Waals surface area contributed by atoms with Crippen molar-refractivity contribution in [2.24, 2.45) is 0 Å². The van der Waals surface area contributed by atoms with Gasteiger partial charge in [-0.1, -0.05) is 54.6 Å². The van der Waals surface area contributed by atoms with Crippen LogP contribution < -0.4 is 9.64 Å². The standard InChI is InChI=1S/C29H30N2O4/c1-4-35-24-12-8-11-22(19-24)27(32)25-26(21-13-15-23(16-14-21)30(2)3)31(29(34)28(25)33)18-17-20-9-6-5-7-10-20/h5-16,19,26,32H,4,17-18H2,1-3H3. The average molecular weight is 471 g/mol. The summed E-state index contributed by atoms with van der Waals surface area (Å²) in [5.41, 5.74) is 3.37. The molecule has 4 rings (SSSR count). The van der Waals surface area contributed by atoms with Gasteiger partial charge in [0.05, 0.1) is 18.2 Å². The molecule has 6 heteroatoms. The number of nitrogens with zero attached hydrogens (tertiary/aromatic N) is 2. The third-order valence-corrected chi connectivity index (χ3v) is 6.17. The summed E-state index contributed by atoms with van der Waals surface area (Å²) in [6.45, 7) is 2.71. The van der Waals surface area contributed by atoms with Gasteiger partial charge >= 0.3 is 0 Å². The van der Waals surface area contributed by atoms with E-state index in [1.165, 1.54) is 0 Å². The molecule has 3 aromatic rings. The van der Waals surface area contributed by atoms with E-state index in [0.29, 0.717) is 30.9 Å². The van der Waals surface area contributed by atoms with Crippen LogP contribution in [0, 0.1) is 0 Å². The van der Waals surface area contributed by atoms with Crippen LogP contribution in [0.15, 0.2) is 84.4 Å². The van der Waals surface area contributed by atoms with Gasteiger partial charge in [-0.2, -0.15) is 0 Å². The van der Waals surface area contributed by atoms with Crippen molar-refractivity contribution in [1.82, 2.24) is 4.90 Å². The summed E-state index contributed by atoms with van der Waals surface area (Å²) < 4.78 is 5.56. The summed E-state index contributed by atoms with van der Waals surface area (Å²) in [6.07, 6.45) is 0.597. The van der Waals surface area contributed by atoms with E-state index in [9.17, 15) is 14.7 Å². The number of carbonyl (C=O) groups is 2. The third kappa shape index (κ3) is 5.06. The van der Waals surface area contributed by atoms with Gasteiger partial charge in [0, 0.05) is 31.9 Å². The molecule has 180 valence electrons. The Morgan fingerprint density at radius 1 is 0.971 bits per heavy atom. The lowest BCUT2D eigenvalue weighted by atomic mass is 9.95. The summed E-state index contributed by atoms with van der Waals surface area (Å²) in [5.74, 6) is -0.903. The zero-order chi connectivity index (χ0) is 24.9.